The van der Waals surface area contributed by atoms with E-state index in [1.807, 2.05) is 26.0 Å². The van der Waals surface area contributed by atoms with E-state index < -0.39 is 0 Å². The number of nitrogens with two attached hydrogens (primary N) is 2. The third-order valence-electron chi connectivity index (χ3n) is 3.57. The number of rotatable bonds is 0. The van der Waals surface area contributed by atoms with Gasteiger partial charge in [0.05, 0.1) is 0 Å². The number of hydrogen-bond acceptors (Lipinski definition) is 2. The Labute approximate surface area is 106 Å². The number of fused-ring (bicyclic) bond motifs is 2. The maximum atomic E-state index is 5.96. The molecule has 90 valence electrons. The fourth-order valence-corrected chi connectivity index (χ4v) is 2.36. The largest absolute Gasteiger partial charge is 0.398 e. The van der Waals surface area contributed by atoms with E-state index in [2.05, 4.69) is 24.3 Å². The van der Waals surface area contributed by atoms with Crippen LogP contribution in [0.3, 0.4) is 0 Å². The van der Waals surface area contributed by atoms with Crippen LogP contribution < -0.4 is 11.5 Å². The maximum absolute atomic E-state index is 5.96. The molecule has 0 aliphatic carbocycles. The van der Waals surface area contributed by atoms with Crippen LogP contribution in [0.2, 0.25) is 0 Å². The Balaban J connectivity index is 2.43. The minimum absolute atomic E-state index is 0.842. The quantitative estimate of drug-likeness (QED) is 0.461. The van der Waals surface area contributed by atoms with Gasteiger partial charge < -0.3 is 11.5 Å². The zero-order valence-corrected chi connectivity index (χ0v) is 10.6. The van der Waals surface area contributed by atoms with Gasteiger partial charge in [-0.1, -0.05) is 0 Å². The van der Waals surface area contributed by atoms with Crippen molar-refractivity contribution in [1.82, 2.24) is 0 Å². The van der Waals surface area contributed by atoms with Crippen molar-refractivity contribution in [2.75, 3.05) is 11.5 Å². The molecule has 3 aromatic carbocycles. The van der Waals surface area contributed by atoms with Crippen molar-refractivity contribution in [3.8, 4) is 0 Å². The highest BCUT2D eigenvalue weighted by Gasteiger charge is 2.03. The molecule has 3 aromatic rings. The van der Waals surface area contributed by atoms with Crippen LogP contribution >= 0.6 is 0 Å². The summed E-state index contributed by atoms with van der Waals surface area (Å²) >= 11 is 0. The van der Waals surface area contributed by atoms with Crippen LogP contribution in [0.25, 0.3) is 21.5 Å². The fraction of sp³-hybridized carbons (Fsp3) is 0.125. The lowest BCUT2D eigenvalue weighted by molar-refractivity contribution is 1.49. The summed E-state index contributed by atoms with van der Waals surface area (Å²) in [7, 11) is 0. The van der Waals surface area contributed by atoms with E-state index in [4.69, 9.17) is 11.5 Å². The highest BCUT2D eigenvalue weighted by molar-refractivity contribution is 6.01. The first-order valence-corrected chi connectivity index (χ1v) is 6.04. The number of hydrogen-bond donors (Lipinski definition) is 2. The van der Waals surface area contributed by atoms with Gasteiger partial charge in [0.2, 0.25) is 0 Å². The summed E-state index contributed by atoms with van der Waals surface area (Å²) in [4.78, 5) is 0. The van der Waals surface area contributed by atoms with Gasteiger partial charge in [0, 0.05) is 11.4 Å². The van der Waals surface area contributed by atoms with Gasteiger partial charge in [0.15, 0.2) is 0 Å². The normalized spacial score (nSPS) is 11.2. The van der Waals surface area contributed by atoms with Gasteiger partial charge in [-0.05, 0) is 82.9 Å². The molecular formula is C16H16N2. The Hall–Kier alpha value is -2.22. The zero-order valence-electron chi connectivity index (χ0n) is 10.6. The van der Waals surface area contributed by atoms with Crippen LogP contribution in [-0.4, -0.2) is 0 Å². The molecule has 0 fully saturated rings. The minimum atomic E-state index is 0.842. The highest BCUT2D eigenvalue weighted by atomic mass is 14.6. The Morgan fingerprint density at radius 2 is 0.889 bits per heavy atom. The van der Waals surface area contributed by atoms with Gasteiger partial charge in [-0.2, -0.15) is 0 Å². The lowest BCUT2D eigenvalue weighted by atomic mass is 9.99. The van der Waals surface area contributed by atoms with Crippen molar-refractivity contribution in [3.63, 3.8) is 0 Å². The van der Waals surface area contributed by atoms with Crippen molar-refractivity contribution in [2.45, 2.75) is 13.8 Å². The van der Waals surface area contributed by atoms with Gasteiger partial charge >= 0.3 is 0 Å². The smallest absolute Gasteiger partial charge is 0.0350 e. The van der Waals surface area contributed by atoms with E-state index >= 15 is 0 Å². The zero-order chi connectivity index (χ0) is 12.9. The van der Waals surface area contributed by atoms with Crippen LogP contribution in [0.5, 0.6) is 0 Å². The molecule has 0 aliphatic heterocycles. The lowest BCUT2D eigenvalue weighted by Gasteiger charge is -2.08. The predicted octanol–water partition coefficient (Wildman–Crippen LogP) is 3.77. The molecule has 0 aromatic heterocycles. The van der Waals surface area contributed by atoms with Gasteiger partial charge in [-0.3, -0.25) is 0 Å². The molecule has 0 saturated carbocycles. The maximum Gasteiger partial charge on any atom is 0.0350 e. The molecule has 0 unspecified atom stereocenters. The molecule has 2 nitrogen and oxygen atoms in total. The summed E-state index contributed by atoms with van der Waals surface area (Å²) in [5.41, 5.74) is 15.8. The second-order valence-electron chi connectivity index (χ2n) is 4.96. The summed E-state index contributed by atoms with van der Waals surface area (Å²) in [6.07, 6.45) is 0. The Morgan fingerprint density at radius 3 is 1.28 bits per heavy atom. The topological polar surface area (TPSA) is 52.0 Å². The summed E-state index contributed by atoms with van der Waals surface area (Å²) in [5, 5.41) is 4.76. The number of benzene rings is 3. The minimum Gasteiger partial charge on any atom is -0.398 e. The van der Waals surface area contributed by atoms with Crippen molar-refractivity contribution >= 4 is 32.9 Å². The van der Waals surface area contributed by atoms with E-state index in [-0.39, 0.29) is 0 Å². The molecule has 4 N–H and O–H groups in total. The average molecular weight is 236 g/mol. The fourth-order valence-electron chi connectivity index (χ4n) is 2.36. The third kappa shape index (κ3) is 1.58. The standard InChI is InChI=1S/C16H16N2/c1-9-3-11-5-14-8-16(18)10(2)4-12(14)6-13(11)7-15(9)17/h3-8H,17-18H2,1-2H3. The van der Waals surface area contributed by atoms with Gasteiger partial charge in [-0.15, -0.1) is 0 Å². The van der Waals surface area contributed by atoms with E-state index in [0.29, 0.717) is 0 Å². The monoisotopic (exact) mass is 236 g/mol. The first kappa shape index (κ1) is 10.9. The first-order valence-electron chi connectivity index (χ1n) is 6.04. The van der Waals surface area contributed by atoms with Crippen molar-refractivity contribution in [2.24, 2.45) is 0 Å². The van der Waals surface area contributed by atoms with Crippen molar-refractivity contribution in [3.05, 3.63) is 47.5 Å². The molecule has 0 atom stereocenters. The molecule has 0 heterocycles. The van der Waals surface area contributed by atoms with Gasteiger partial charge in [0.25, 0.3) is 0 Å². The number of nitrogen functional groups attached to an aromatic ring is 2. The molecule has 0 saturated heterocycles. The predicted molar refractivity (Wildman–Crippen MR) is 79.8 cm³/mol. The SMILES string of the molecule is Cc1cc2cc3cc(N)c(C)cc3cc2cc1N. The molecule has 3 rings (SSSR count). The van der Waals surface area contributed by atoms with Gasteiger partial charge in [0.1, 0.15) is 0 Å². The summed E-state index contributed by atoms with van der Waals surface area (Å²) < 4.78 is 0. The van der Waals surface area contributed by atoms with E-state index in [1.165, 1.54) is 21.5 Å². The molecule has 0 spiro atoms. The van der Waals surface area contributed by atoms with E-state index in [1.54, 1.807) is 0 Å². The summed E-state index contributed by atoms with van der Waals surface area (Å²) in [5.74, 6) is 0. The van der Waals surface area contributed by atoms with Crippen LogP contribution in [0, 0.1) is 13.8 Å². The molecule has 0 aliphatic rings. The molecule has 18 heavy (non-hydrogen) atoms. The number of aryl methyl sites for hydroxylation is 2. The average Bonchev–Trinajstić information content (AvgIpc) is 2.31. The molecule has 0 bridgehead atoms. The molecule has 0 radical (unpaired) electrons. The second kappa shape index (κ2) is 3.64. The van der Waals surface area contributed by atoms with Crippen molar-refractivity contribution < 1.29 is 0 Å². The highest BCUT2D eigenvalue weighted by Crippen LogP contribution is 2.29. The molecule has 0 amide bonds. The van der Waals surface area contributed by atoms with E-state index in [9.17, 15) is 0 Å². The van der Waals surface area contributed by atoms with Crippen LogP contribution in [0.15, 0.2) is 36.4 Å². The summed E-state index contributed by atoms with van der Waals surface area (Å²) in [6.45, 7) is 4.06. The van der Waals surface area contributed by atoms with Gasteiger partial charge in [-0.25, -0.2) is 0 Å². The summed E-state index contributed by atoms with van der Waals surface area (Å²) in [6, 6.07) is 12.7. The Kier molecular flexibility index (Phi) is 2.20. The van der Waals surface area contributed by atoms with Crippen LogP contribution in [0.4, 0.5) is 11.4 Å². The van der Waals surface area contributed by atoms with Crippen LogP contribution in [-0.2, 0) is 0 Å². The lowest BCUT2D eigenvalue weighted by Crippen LogP contribution is -1.91. The Bertz CT molecular complexity index is 644. The van der Waals surface area contributed by atoms with Crippen LogP contribution in [0.1, 0.15) is 11.1 Å². The van der Waals surface area contributed by atoms with Crippen molar-refractivity contribution in [1.29, 1.82) is 0 Å². The Morgan fingerprint density at radius 1 is 0.556 bits per heavy atom. The first-order chi connectivity index (χ1) is 8.54. The second-order valence-corrected chi connectivity index (χ2v) is 4.96. The van der Waals surface area contributed by atoms with E-state index in [0.717, 1.165) is 22.5 Å². The third-order valence-corrected chi connectivity index (χ3v) is 3.57. The number of anilines is 2. The molecule has 2 heteroatoms. The molecular weight excluding hydrogens is 220 g/mol.